The summed E-state index contributed by atoms with van der Waals surface area (Å²) in [6.07, 6.45) is 0.556. The second-order valence-corrected chi connectivity index (χ2v) is 10.0. The topological polar surface area (TPSA) is 120 Å². The van der Waals surface area contributed by atoms with Crippen LogP contribution in [0.25, 0.3) is 0 Å². The molecule has 0 aliphatic carbocycles. The molecule has 2 rings (SSSR count). The number of hydrogen-bond donors (Lipinski definition) is 4. The average Bonchev–Trinajstić information content (AvgIpc) is 3.47. The number of rotatable bonds is 8. The Labute approximate surface area is 191 Å². The van der Waals surface area contributed by atoms with Gasteiger partial charge in [0.15, 0.2) is 0 Å². The van der Waals surface area contributed by atoms with E-state index in [1.807, 2.05) is 55.4 Å². The van der Waals surface area contributed by atoms with Crippen molar-refractivity contribution in [3.8, 4) is 0 Å². The van der Waals surface area contributed by atoms with Gasteiger partial charge in [0.2, 0.25) is 12.1 Å². The van der Waals surface area contributed by atoms with Crippen molar-refractivity contribution in [2.24, 2.45) is 0 Å². The summed E-state index contributed by atoms with van der Waals surface area (Å²) in [6, 6.07) is 0.167. The van der Waals surface area contributed by atoms with Crippen LogP contribution in [0.15, 0.2) is 0 Å². The predicted octanol–water partition coefficient (Wildman–Crippen LogP) is -0.570. The molecule has 4 N–H and O–H groups in total. The van der Waals surface area contributed by atoms with Crippen LogP contribution in [0, 0.1) is 0 Å². The van der Waals surface area contributed by atoms with Gasteiger partial charge in [0.05, 0.1) is 13.1 Å². The molecule has 2 saturated heterocycles. The molecule has 32 heavy (non-hydrogen) atoms. The SMILES string of the molecule is CC[NH+]1C(=O)C1CCNC(=O)OC(C)(C)C.CC[NH+]1C(=O)C1CCNC(=O)OC(C)(C)C. The molecule has 0 aromatic heterocycles. The minimum absolute atomic E-state index is 0.0833. The zero-order chi connectivity index (χ0) is 24.7. The Morgan fingerprint density at radius 1 is 0.750 bits per heavy atom. The lowest BCUT2D eigenvalue weighted by Crippen LogP contribution is -2.95. The van der Waals surface area contributed by atoms with Crippen molar-refractivity contribution in [3.05, 3.63) is 0 Å². The van der Waals surface area contributed by atoms with E-state index in [-0.39, 0.29) is 23.9 Å². The van der Waals surface area contributed by atoms with E-state index in [0.29, 0.717) is 25.9 Å². The van der Waals surface area contributed by atoms with Crippen molar-refractivity contribution in [3.63, 3.8) is 0 Å². The first-order valence-electron chi connectivity index (χ1n) is 11.4. The monoisotopic (exact) mass is 458 g/mol. The number of amides is 4. The van der Waals surface area contributed by atoms with Gasteiger partial charge in [0.25, 0.3) is 0 Å². The Morgan fingerprint density at radius 3 is 1.28 bits per heavy atom. The fraction of sp³-hybridized carbons (Fsp3) is 0.818. The zero-order valence-corrected chi connectivity index (χ0v) is 20.8. The molecule has 2 fully saturated rings. The molecule has 2 heterocycles. The van der Waals surface area contributed by atoms with Crippen LogP contribution in [0.3, 0.4) is 0 Å². The van der Waals surface area contributed by atoms with Gasteiger partial charge >= 0.3 is 24.0 Å². The van der Waals surface area contributed by atoms with Gasteiger partial charge in [0, 0.05) is 25.9 Å². The van der Waals surface area contributed by atoms with E-state index in [2.05, 4.69) is 10.6 Å². The highest BCUT2D eigenvalue weighted by molar-refractivity contribution is 5.83. The highest BCUT2D eigenvalue weighted by Crippen LogP contribution is 2.07. The van der Waals surface area contributed by atoms with Crippen molar-refractivity contribution >= 4 is 24.0 Å². The third-order valence-electron chi connectivity index (χ3n) is 4.90. The highest BCUT2D eigenvalue weighted by atomic mass is 16.6. The molecule has 2 aliphatic heterocycles. The first-order chi connectivity index (χ1) is 14.7. The van der Waals surface area contributed by atoms with E-state index in [1.165, 1.54) is 0 Å². The molecule has 0 spiro atoms. The zero-order valence-electron chi connectivity index (χ0n) is 20.8. The first kappa shape index (κ1) is 27.8. The van der Waals surface area contributed by atoms with Crippen LogP contribution in [0.5, 0.6) is 0 Å². The lowest BCUT2D eigenvalue weighted by atomic mass is 10.2. The maximum atomic E-state index is 11.3. The fourth-order valence-corrected chi connectivity index (χ4v) is 3.31. The Balaban J connectivity index is 0.000000320. The van der Waals surface area contributed by atoms with E-state index < -0.39 is 23.4 Å². The van der Waals surface area contributed by atoms with Gasteiger partial charge in [-0.05, 0) is 55.4 Å². The van der Waals surface area contributed by atoms with Gasteiger partial charge < -0.3 is 20.1 Å². The molecule has 0 aromatic rings. The minimum Gasteiger partial charge on any atom is -0.444 e. The molecule has 0 saturated carbocycles. The molecule has 0 aromatic carbocycles. The lowest BCUT2D eigenvalue weighted by molar-refractivity contribution is -0.732. The Kier molecular flexibility index (Phi) is 10.1. The summed E-state index contributed by atoms with van der Waals surface area (Å²) in [5.74, 6) is 0.516. The largest absolute Gasteiger partial charge is 0.444 e. The molecule has 4 atom stereocenters. The van der Waals surface area contributed by atoms with Crippen molar-refractivity contribution in [1.82, 2.24) is 10.6 Å². The third kappa shape index (κ3) is 10.4. The van der Waals surface area contributed by atoms with Crippen LogP contribution in [0.2, 0.25) is 0 Å². The van der Waals surface area contributed by atoms with Crippen LogP contribution < -0.4 is 20.4 Å². The van der Waals surface area contributed by atoms with E-state index in [4.69, 9.17) is 9.47 Å². The summed E-state index contributed by atoms with van der Waals surface area (Å²) < 4.78 is 10.2. The second-order valence-electron chi connectivity index (χ2n) is 10.0. The second kappa shape index (κ2) is 11.6. The third-order valence-corrected chi connectivity index (χ3v) is 4.90. The van der Waals surface area contributed by atoms with Crippen LogP contribution in [-0.2, 0) is 19.1 Å². The van der Waals surface area contributed by atoms with Crippen LogP contribution in [0.1, 0.15) is 68.2 Å². The van der Waals surface area contributed by atoms with E-state index in [0.717, 1.165) is 22.9 Å². The molecule has 0 bridgehead atoms. The Bertz CT molecular complexity index is 625. The summed E-state index contributed by atoms with van der Waals surface area (Å²) in [5, 5.41) is 5.30. The van der Waals surface area contributed by atoms with Gasteiger partial charge in [-0.25, -0.2) is 19.2 Å². The van der Waals surface area contributed by atoms with Gasteiger partial charge in [-0.1, -0.05) is 0 Å². The quantitative estimate of drug-likeness (QED) is 0.362. The molecule has 4 amide bonds. The van der Waals surface area contributed by atoms with E-state index in [9.17, 15) is 19.2 Å². The van der Waals surface area contributed by atoms with Crippen molar-refractivity contribution in [1.29, 1.82) is 0 Å². The normalized spacial score (nSPS) is 24.1. The Hall–Kier alpha value is -2.20. The van der Waals surface area contributed by atoms with Crippen LogP contribution in [0.4, 0.5) is 9.59 Å². The first-order valence-corrected chi connectivity index (χ1v) is 11.4. The van der Waals surface area contributed by atoms with Gasteiger partial charge in [-0.3, -0.25) is 9.80 Å². The minimum atomic E-state index is -0.472. The molecule has 10 heteroatoms. The molecular weight excluding hydrogens is 416 g/mol. The summed E-state index contributed by atoms with van der Waals surface area (Å²) >= 11 is 0. The molecule has 0 radical (unpaired) electrons. The van der Waals surface area contributed by atoms with Crippen LogP contribution >= 0.6 is 0 Å². The number of carbonyl (C=O) groups is 4. The number of carbonyl (C=O) groups excluding carboxylic acids is 4. The molecule has 4 unspecified atom stereocenters. The Morgan fingerprint density at radius 2 is 1.06 bits per heavy atom. The number of alkyl carbamates (subject to hydrolysis) is 2. The number of ether oxygens (including phenoxy) is 2. The number of hydrogen-bond acceptors (Lipinski definition) is 6. The molecule has 184 valence electrons. The summed E-state index contributed by atoms with van der Waals surface area (Å²) in [4.78, 5) is 46.9. The van der Waals surface area contributed by atoms with Gasteiger partial charge in [0.1, 0.15) is 11.2 Å². The van der Waals surface area contributed by atoms with Crippen molar-refractivity contribution in [2.45, 2.75) is 91.5 Å². The number of quaternary nitrogens is 2. The van der Waals surface area contributed by atoms with Crippen LogP contribution in [-0.4, -0.2) is 73.5 Å². The standard InChI is InChI=1S/2C11H20N2O3/c2*1-5-13-8(9(13)14)6-7-12-10(15)16-11(2,3)4/h2*8H,5-7H2,1-4H3,(H,12,15)/p+2. The number of nitrogens with one attached hydrogen (secondary N) is 4. The number of likely N-dealkylation sites (N-methyl/N-ethyl adjacent to an activating group) is 2. The molecular formula is C22H42N4O6+2. The lowest BCUT2D eigenvalue weighted by Gasteiger charge is -2.19. The van der Waals surface area contributed by atoms with Crippen molar-refractivity contribution in [2.75, 3.05) is 26.2 Å². The summed E-state index contributed by atoms with van der Waals surface area (Å²) in [5.41, 5.74) is -0.944. The molecule has 2 aliphatic rings. The maximum Gasteiger partial charge on any atom is 0.407 e. The average molecular weight is 459 g/mol. The van der Waals surface area contributed by atoms with E-state index in [1.54, 1.807) is 0 Å². The fourth-order valence-electron chi connectivity index (χ4n) is 3.31. The van der Waals surface area contributed by atoms with Gasteiger partial charge in [-0.15, -0.1) is 0 Å². The maximum absolute atomic E-state index is 11.3. The summed E-state index contributed by atoms with van der Waals surface area (Å²) in [6.45, 7) is 17.5. The predicted molar refractivity (Wildman–Crippen MR) is 118 cm³/mol. The van der Waals surface area contributed by atoms with E-state index >= 15 is 0 Å². The smallest absolute Gasteiger partial charge is 0.407 e. The highest BCUT2D eigenvalue weighted by Gasteiger charge is 2.53. The summed E-state index contributed by atoms with van der Waals surface area (Å²) in [7, 11) is 0. The molecule has 10 nitrogen and oxygen atoms in total. The van der Waals surface area contributed by atoms with Gasteiger partial charge in [-0.2, -0.15) is 0 Å². The van der Waals surface area contributed by atoms with Crippen molar-refractivity contribution < 1.29 is 38.5 Å².